The monoisotopic (exact) mass is 182 g/mol. The van der Waals surface area contributed by atoms with Crippen LogP contribution in [0.25, 0.3) is 0 Å². The van der Waals surface area contributed by atoms with E-state index in [1.54, 1.807) is 0 Å². The van der Waals surface area contributed by atoms with Gasteiger partial charge in [-0.25, -0.2) is 0 Å². The lowest BCUT2D eigenvalue weighted by Crippen LogP contribution is -2.19. The Labute approximate surface area is 81.9 Å². The van der Waals surface area contributed by atoms with E-state index >= 15 is 0 Å². The summed E-state index contributed by atoms with van der Waals surface area (Å²) in [7, 11) is 0. The molecule has 0 radical (unpaired) electrons. The zero-order chi connectivity index (χ0) is 10.1. The fourth-order valence-corrected chi connectivity index (χ4v) is 1.17. The molecule has 2 heteroatoms. The molecule has 76 valence electrons. The van der Waals surface area contributed by atoms with Crippen molar-refractivity contribution >= 4 is 5.71 Å². The van der Waals surface area contributed by atoms with E-state index in [-0.39, 0.29) is 0 Å². The second-order valence-corrected chi connectivity index (χ2v) is 3.17. The molecule has 0 saturated carbocycles. The van der Waals surface area contributed by atoms with Gasteiger partial charge in [0.25, 0.3) is 0 Å². The van der Waals surface area contributed by atoms with Gasteiger partial charge in [-0.15, -0.1) is 6.58 Å². The summed E-state index contributed by atoms with van der Waals surface area (Å²) in [6.07, 6.45) is 6.07. The van der Waals surface area contributed by atoms with Gasteiger partial charge in [0.15, 0.2) is 0 Å². The van der Waals surface area contributed by atoms with Crippen LogP contribution in [0, 0.1) is 0 Å². The fourth-order valence-electron chi connectivity index (χ4n) is 1.17. The first kappa shape index (κ1) is 12.4. The largest absolute Gasteiger partial charge is 0.328 e. The standard InChI is InChI=1S/C11H22N2/c1-4-7-8-10(5-2)13-11(6-3)9-12/h4,11H,1,5-9,12H2,2-3H3. The van der Waals surface area contributed by atoms with Gasteiger partial charge < -0.3 is 5.73 Å². The van der Waals surface area contributed by atoms with Crippen molar-refractivity contribution in [3.63, 3.8) is 0 Å². The topological polar surface area (TPSA) is 38.4 Å². The van der Waals surface area contributed by atoms with Crippen molar-refractivity contribution < 1.29 is 0 Å². The van der Waals surface area contributed by atoms with Crippen LogP contribution in [-0.2, 0) is 0 Å². The van der Waals surface area contributed by atoms with Crippen LogP contribution in [-0.4, -0.2) is 18.3 Å². The Morgan fingerprint density at radius 1 is 1.54 bits per heavy atom. The molecule has 1 unspecified atom stereocenters. The maximum Gasteiger partial charge on any atom is 0.0618 e. The highest BCUT2D eigenvalue weighted by Crippen LogP contribution is 2.03. The summed E-state index contributed by atoms with van der Waals surface area (Å²) in [5, 5.41) is 0. The zero-order valence-electron chi connectivity index (χ0n) is 8.92. The molecule has 0 heterocycles. The molecule has 0 rings (SSSR count). The van der Waals surface area contributed by atoms with Crippen LogP contribution in [0.4, 0.5) is 0 Å². The molecule has 0 amide bonds. The summed E-state index contributed by atoms with van der Waals surface area (Å²) < 4.78 is 0. The first-order valence-electron chi connectivity index (χ1n) is 5.14. The molecule has 0 aliphatic heterocycles. The van der Waals surface area contributed by atoms with Crippen molar-refractivity contribution in [2.24, 2.45) is 10.7 Å². The maximum absolute atomic E-state index is 5.59. The van der Waals surface area contributed by atoms with Crippen LogP contribution in [0.3, 0.4) is 0 Å². The number of rotatable bonds is 7. The predicted molar refractivity (Wildman–Crippen MR) is 60.3 cm³/mol. The normalized spacial score (nSPS) is 14.2. The van der Waals surface area contributed by atoms with Gasteiger partial charge in [0.1, 0.15) is 0 Å². The predicted octanol–water partition coefficient (Wildman–Crippen LogP) is 2.54. The summed E-state index contributed by atoms with van der Waals surface area (Å²) in [5.41, 5.74) is 6.86. The van der Waals surface area contributed by atoms with Crippen LogP contribution in [0.1, 0.15) is 39.5 Å². The Hall–Kier alpha value is -0.630. The van der Waals surface area contributed by atoms with E-state index in [2.05, 4.69) is 25.4 Å². The molecular formula is C11H22N2. The number of aliphatic imine (C=N–C) groups is 1. The van der Waals surface area contributed by atoms with Gasteiger partial charge in [0.05, 0.1) is 6.04 Å². The molecule has 0 aliphatic carbocycles. The van der Waals surface area contributed by atoms with Gasteiger partial charge >= 0.3 is 0 Å². The average Bonchev–Trinajstić information content (AvgIpc) is 2.19. The summed E-state index contributed by atoms with van der Waals surface area (Å²) in [5.74, 6) is 0. The first-order chi connectivity index (χ1) is 6.28. The number of nitrogens with zero attached hydrogens (tertiary/aromatic N) is 1. The van der Waals surface area contributed by atoms with Crippen LogP contribution in [0.15, 0.2) is 17.6 Å². The number of hydrogen-bond acceptors (Lipinski definition) is 2. The highest BCUT2D eigenvalue weighted by Gasteiger charge is 2.02. The molecule has 0 bridgehead atoms. The Morgan fingerprint density at radius 2 is 2.23 bits per heavy atom. The SMILES string of the molecule is C=CCCC(CC)=NC(CC)CN. The molecule has 13 heavy (non-hydrogen) atoms. The molecule has 2 nitrogen and oxygen atoms in total. The lowest BCUT2D eigenvalue weighted by molar-refractivity contribution is 0.657. The van der Waals surface area contributed by atoms with E-state index in [1.807, 2.05) is 6.08 Å². The molecule has 0 spiro atoms. The third-order valence-electron chi connectivity index (χ3n) is 2.15. The minimum atomic E-state index is 0.319. The Bertz CT molecular complexity index is 157. The van der Waals surface area contributed by atoms with E-state index in [0.717, 1.165) is 25.7 Å². The summed E-state index contributed by atoms with van der Waals surface area (Å²) in [6, 6.07) is 0.319. The lowest BCUT2D eigenvalue weighted by Gasteiger charge is -2.09. The highest BCUT2D eigenvalue weighted by molar-refractivity contribution is 5.84. The second-order valence-electron chi connectivity index (χ2n) is 3.17. The smallest absolute Gasteiger partial charge is 0.0618 e. The van der Waals surface area contributed by atoms with Crippen molar-refractivity contribution in [3.8, 4) is 0 Å². The minimum Gasteiger partial charge on any atom is -0.328 e. The summed E-state index contributed by atoms with van der Waals surface area (Å²) in [4.78, 5) is 4.61. The van der Waals surface area contributed by atoms with Crippen molar-refractivity contribution in [2.75, 3.05) is 6.54 Å². The number of nitrogens with two attached hydrogens (primary N) is 1. The maximum atomic E-state index is 5.59. The lowest BCUT2D eigenvalue weighted by atomic mass is 10.1. The highest BCUT2D eigenvalue weighted by atomic mass is 14.8. The van der Waals surface area contributed by atoms with Crippen molar-refractivity contribution in [1.82, 2.24) is 0 Å². The third-order valence-corrected chi connectivity index (χ3v) is 2.15. The molecule has 1 atom stereocenters. The molecule has 0 aliphatic rings. The van der Waals surface area contributed by atoms with Crippen LogP contribution in [0.2, 0.25) is 0 Å². The van der Waals surface area contributed by atoms with E-state index < -0.39 is 0 Å². The van der Waals surface area contributed by atoms with Crippen molar-refractivity contribution in [3.05, 3.63) is 12.7 Å². The molecule has 0 saturated heterocycles. The molecule has 0 aromatic carbocycles. The Balaban J connectivity index is 4.08. The fraction of sp³-hybridized carbons (Fsp3) is 0.727. The molecular weight excluding hydrogens is 160 g/mol. The number of allylic oxidation sites excluding steroid dienone is 1. The quantitative estimate of drug-likeness (QED) is 0.477. The molecule has 0 aromatic heterocycles. The Morgan fingerprint density at radius 3 is 2.62 bits per heavy atom. The van der Waals surface area contributed by atoms with Crippen LogP contribution < -0.4 is 5.73 Å². The van der Waals surface area contributed by atoms with Gasteiger partial charge in [0.2, 0.25) is 0 Å². The van der Waals surface area contributed by atoms with Crippen LogP contribution in [0.5, 0.6) is 0 Å². The molecule has 0 aromatic rings. The zero-order valence-corrected chi connectivity index (χ0v) is 8.92. The van der Waals surface area contributed by atoms with E-state index in [1.165, 1.54) is 5.71 Å². The summed E-state index contributed by atoms with van der Waals surface area (Å²) in [6.45, 7) is 8.64. The van der Waals surface area contributed by atoms with E-state index in [0.29, 0.717) is 12.6 Å². The van der Waals surface area contributed by atoms with Crippen LogP contribution >= 0.6 is 0 Å². The van der Waals surface area contributed by atoms with Gasteiger partial charge in [0, 0.05) is 12.3 Å². The van der Waals surface area contributed by atoms with Gasteiger partial charge in [-0.1, -0.05) is 19.9 Å². The second kappa shape index (κ2) is 7.99. The average molecular weight is 182 g/mol. The van der Waals surface area contributed by atoms with E-state index in [4.69, 9.17) is 5.73 Å². The van der Waals surface area contributed by atoms with Crippen molar-refractivity contribution in [1.29, 1.82) is 0 Å². The summed E-state index contributed by atoms with van der Waals surface area (Å²) >= 11 is 0. The van der Waals surface area contributed by atoms with Gasteiger partial charge in [-0.3, -0.25) is 4.99 Å². The third kappa shape index (κ3) is 5.58. The van der Waals surface area contributed by atoms with Gasteiger partial charge in [-0.05, 0) is 25.7 Å². The Kier molecular flexibility index (Phi) is 7.60. The number of hydrogen-bond donors (Lipinski definition) is 1. The van der Waals surface area contributed by atoms with Crippen molar-refractivity contribution in [2.45, 2.75) is 45.6 Å². The first-order valence-corrected chi connectivity index (χ1v) is 5.14. The molecule has 0 fully saturated rings. The van der Waals surface area contributed by atoms with Gasteiger partial charge in [-0.2, -0.15) is 0 Å². The van der Waals surface area contributed by atoms with E-state index in [9.17, 15) is 0 Å². The minimum absolute atomic E-state index is 0.319. The molecule has 2 N–H and O–H groups in total.